The minimum Gasteiger partial charge on any atom is -0.352 e. The molecule has 0 saturated carbocycles. The predicted octanol–water partition coefficient (Wildman–Crippen LogP) is 3.30. The van der Waals surface area contributed by atoms with Gasteiger partial charge in [0.05, 0.1) is 11.4 Å². The molecular formula is C19H29N5. The fraction of sp³-hybridized carbons (Fsp3) is 0.474. The number of guanidine groups is 1. The van der Waals surface area contributed by atoms with E-state index in [0.29, 0.717) is 0 Å². The summed E-state index contributed by atoms with van der Waals surface area (Å²) in [6, 6.07) is 10.5. The van der Waals surface area contributed by atoms with Crippen molar-refractivity contribution in [3.63, 3.8) is 0 Å². The molecule has 130 valence electrons. The van der Waals surface area contributed by atoms with E-state index in [4.69, 9.17) is 0 Å². The van der Waals surface area contributed by atoms with Crippen molar-refractivity contribution < 1.29 is 0 Å². The van der Waals surface area contributed by atoms with Crippen LogP contribution in [0.2, 0.25) is 0 Å². The molecule has 0 amide bonds. The van der Waals surface area contributed by atoms with Gasteiger partial charge in [0.25, 0.3) is 0 Å². The van der Waals surface area contributed by atoms with Crippen LogP contribution in [0.3, 0.4) is 0 Å². The Labute approximate surface area is 145 Å². The lowest BCUT2D eigenvalue weighted by Gasteiger charge is -2.22. The monoisotopic (exact) mass is 327 g/mol. The molecule has 0 spiro atoms. The molecule has 0 bridgehead atoms. The molecule has 2 rings (SSSR count). The van der Waals surface area contributed by atoms with Crippen molar-refractivity contribution in [2.24, 2.45) is 4.99 Å². The molecule has 1 heterocycles. The molecule has 5 nitrogen and oxygen atoms in total. The normalized spacial score (nSPS) is 11.6. The number of hydrogen-bond acceptors (Lipinski definition) is 2. The minimum atomic E-state index is 0.720. The van der Waals surface area contributed by atoms with Gasteiger partial charge in [0.2, 0.25) is 0 Å². The van der Waals surface area contributed by atoms with E-state index in [9.17, 15) is 0 Å². The fourth-order valence-corrected chi connectivity index (χ4v) is 2.80. The predicted molar refractivity (Wildman–Crippen MR) is 101 cm³/mol. The topological polar surface area (TPSA) is 45.5 Å². The molecule has 2 aromatic rings. The van der Waals surface area contributed by atoms with Gasteiger partial charge >= 0.3 is 0 Å². The Balaban J connectivity index is 2.15. The number of nitrogens with one attached hydrogen (secondary N) is 1. The highest BCUT2D eigenvalue weighted by atomic mass is 15.3. The molecule has 24 heavy (non-hydrogen) atoms. The van der Waals surface area contributed by atoms with Crippen molar-refractivity contribution in [1.29, 1.82) is 0 Å². The van der Waals surface area contributed by atoms with Crippen molar-refractivity contribution in [1.82, 2.24) is 20.0 Å². The average molecular weight is 327 g/mol. The fourth-order valence-electron chi connectivity index (χ4n) is 2.80. The second kappa shape index (κ2) is 8.52. The zero-order chi connectivity index (χ0) is 17.5. The van der Waals surface area contributed by atoms with Gasteiger partial charge in [-0.3, -0.25) is 4.99 Å². The first kappa shape index (κ1) is 18.0. The van der Waals surface area contributed by atoms with Gasteiger partial charge in [-0.25, -0.2) is 4.68 Å². The molecule has 0 radical (unpaired) electrons. The highest BCUT2D eigenvalue weighted by Crippen LogP contribution is 2.17. The summed E-state index contributed by atoms with van der Waals surface area (Å²) in [7, 11) is 3.91. The van der Waals surface area contributed by atoms with Crippen molar-refractivity contribution in [3.8, 4) is 5.69 Å². The maximum absolute atomic E-state index is 4.61. The van der Waals surface area contributed by atoms with Crippen LogP contribution >= 0.6 is 0 Å². The van der Waals surface area contributed by atoms with E-state index in [1.165, 1.54) is 18.4 Å². The number of aryl methyl sites for hydroxylation is 2. The SMILES string of the molecule is CCCCN(C)C(=NC)NCc1ccccc1-n1nc(C)cc1C. The number of nitrogens with zero attached hydrogens (tertiary/aromatic N) is 4. The van der Waals surface area contributed by atoms with Gasteiger partial charge in [0.1, 0.15) is 0 Å². The van der Waals surface area contributed by atoms with Crippen molar-refractivity contribution >= 4 is 5.96 Å². The summed E-state index contributed by atoms with van der Waals surface area (Å²) in [5, 5.41) is 8.08. The summed E-state index contributed by atoms with van der Waals surface area (Å²) in [5.74, 6) is 0.923. The van der Waals surface area contributed by atoms with Crippen LogP contribution < -0.4 is 5.32 Å². The van der Waals surface area contributed by atoms with E-state index in [1.54, 1.807) is 0 Å². The molecule has 0 atom stereocenters. The first-order valence-electron chi connectivity index (χ1n) is 8.60. The Kier molecular flexibility index (Phi) is 6.41. The third-order valence-corrected chi connectivity index (χ3v) is 4.09. The van der Waals surface area contributed by atoms with E-state index < -0.39 is 0 Å². The van der Waals surface area contributed by atoms with Gasteiger partial charge in [0.15, 0.2) is 5.96 Å². The van der Waals surface area contributed by atoms with Crippen LogP contribution in [0.1, 0.15) is 36.7 Å². The number of para-hydroxylation sites is 1. The van der Waals surface area contributed by atoms with Gasteiger partial charge in [-0.2, -0.15) is 5.10 Å². The molecule has 0 saturated heterocycles. The Bertz CT molecular complexity index is 687. The highest BCUT2D eigenvalue weighted by molar-refractivity contribution is 5.79. The first-order valence-corrected chi connectivity index (χ1v) is 8.60. The summed E-state index contributed by atoms with van der Waals surface area (Å²) >= 11 is 0. The van der Waals surface area contributed by atoms with Crippen LogP contribution in [0.4, 0.5) is 0 Å². The molecular weight excluding hydrogens is 298 g/mol. The number of rotatable bonds is 6. The molecule has 0 aliphatic rings. The minimum absolute atomic E-state index is 0.720. The molecule has 0 fully saturated rings. The van der Waals surface area contributed by atoms with Gasteiger partial charge in [-0.1, -0.05) is 31.5 Å². The van der Waals surface area contributed by atoms with Gasteiger partial charge in [-0.15, -0.1) is 0 Å². The number of benzene rings is 1. The second-order valence-corrected chi connectivity index (χ2v) is 6.14. The smallest absolute Gasteiger partial charge is 0.193 e. The lowest BCUT2D eigenvalue weighted by molar-refractivity contribution is 0.464. The lowest BCUT2D eigenvalue weighted by Crippen LogP contribution is -2.39. The average Bonchev–Trinajstić information content (AvgIpc) is 2.92. The Morgan fingerprint density at radius 3 is 2.67 bits per heavy atom. The quantitative estimate of drug-likeness (QED) is 0.654. The van der Waals surface area contributed by atoms with Gasteiger partial charge in [0, 0.05) is 32.9 Å². The van der Waals surface area contributed by atoms with Crippen LogP contribution in [0, 0.1) is 13.8 Å². The van der Waals surface area contributed by atoms with E-state index >= 15 is 0 Å². The number of aliphatic imine (C=N–C) groups is 1. The third-order valence-electron chi connectivity index (χ3n) is 4.09. The summed E-state index contributed by atoms with van der Waals surface area (Å²) in [5.41, 5.74) is 4.49. The zero-order valence-electron chi connectivity index (χ0n) is 15.5. The van der Waals surface area contributed by atoms with Crippen LogP contribution in [-0.2, 0) is 6.54 Å². The van der Waals surface area contributed by atoms with Crippen LogP contribution in [0.5, 0.6) is 0 Å². The largest absolute Gasteiger partial charge is 0.352 e. The van der Waals surface area contributed by atoms with Crippen LogP contribution in [0.25, 0.3) is 5.69 Å². The molecule has 0 aliphatic carbocycles. The third kappa shape index (κ3) is 4.37. The maximum atomic E-state index is 4.61. The summed E-state index contributed by atoms with van der Waals surface area (Å²) in [6.07, 6.45) is 2.35. The molecule has 1 aromatic heterocycles. The maximum Gasteiger partial charge on any atom is 0.193 e. The second-order valence-electron chi connectivity index (χ2n) is 6.14. The van der Waals surface area contributed by atoms with Crippen LogP contribution in [-0.4, -0.2) is 41.3 Å². The Morgan fingerprint density at radius 2 is 2.04 bits per heavy atom. The highest BCUT2D eigenvalue weighted by Gasteiger charge is 2.10. The summed E-state index contributed by atoms with van der Waals surface area (Å²) < 4.78 is 2.01. The standard InChI is InChI=1S/C19H29N5/c1-6-7-12-23(5)19(20-4)21-14-17-10-8-9-11-18(17)24-16(3)13-15(2)22-24/h8-11,13H,6-7,12,14H2,1-5H3,(H,20,21). The van der Waals surface area contributed by atoms with E-state index in [-0.39, 0.29) is 0 Å². The molecule has 1 N–H and O–H groups in total. The molecule has 0 aliphatic heterocycles. The molecule has 1 aromatic carbocycles. The van der Waals surface area contributed by atoms with E-state index in [1.807, 2.05) is 18.7 Å². The Morgan fingerprint density at radius 1 is 1.29 bits per heavy atom. The number of aromatic nitrogens is 2. The van der Waals surface area contributed by atoms with E-state index in [2.05, 4.69) is 71.5 Å². The van der Waals surface area contributed by atoms with Crippen molar-refractivity contribution in [3.05, 3.63) is 47.3 Å². The van der Waals surface area contributed by atoms with Crippen molar-refractivity contribution in [2.45, 2.75) is 40.2 Å². The summed E-state index contributed by atoms with van der Waals surface area (Å²) in [6.45, 7) is 8.04. The number of hydrogen-bond donors (Lipinski definition) is 1. The van der Waals surface area contributed by atoms with Gasteiger partial charge < -0.3 is 10.2 Å². The Hall–Kier alpha value is -2.30. The van der Waals surface area contributed by atoms with E-state index in [0.717, 1.165) is 36.1 Å². The lowest BCUT2D eigenvalue weighted by atomic mass is 10.1. The number of unbranched alkanes of at least 4 members (excludes halogenated alkanes) is 1. The van der Waals surface area contributed by atoms with Crippen LogP contribution in [0.15, 0.2) is 35.3 Å². The summed E-state index contributed by atoms with van der Waals surface area (Å²) in [4.78, 5) is 6.57. The van der Waals surface area contributed by atoms with Crippen molar-refractivity contribution in [2.75, 3.05) is 20.6 Å². The molecule has 0 unspecified atom stereocenters. The van der Waals surface area contributed by atoms with Gasteiger partial charge in [-0.05, 0) is 38.0 Å². The first-order chi connectivity index (χ1) is 11.6. The molecule has 5 heteroatoms. The zero-order valence-corrected chi connectivity index (χ0v) is 15.5.